The second kappa shape index (κ2) is 6.60. The molecule has 1 aromatic carbocycles. The van der Waals surface area contributed by atoms with Gasteiger partial charge in [0.1, 0.15) is 5.82 Å². The molecule has 20 heavy (non-hydrogen) atoms. The van der Waals surface area contributed by atoms with Gasteiger partial charge in [0.05, 0.1) is 0 Å². The van der Waals surface area contributed by atoms with Crippen LogP contribution in [0, 0.1) is 12.0 Å². The molecule has 0 aliphatic carbocycles. The molecule has 6 heteroatoms. The molecular formula is C14H14FN2O2Rb. The van der Waals surface area contributed by atoms with E-state index in [1.165, 1.54) is 16.8 Å². The third kappa shape index (κ3) is 3.64. The molecule has 4 nitrogen and oxygen atoms in total. The maximum Gasteiger partial charge on any atom is 1.00 e. The van der Waals surface area contributed by atoms with Crippen molar-refractivity contribution in [2.75, 3.05) is 0 Å². The summed E-state index contributed by atoms with van der Waals surface area (Å²) in [4.78, 5) is 11.2. The topological polar surface area (TPSA) is 55.1 Å². The van der Waals surface area contributed by atoms with Gasteiger partial charge in [-0.15, -0.1) is 0 Å². The van der Waals surface area contributed by atoms with Gasteiger partial charge in [-0.1, -0.05) is 30.0 Å². The first-order chi connectivity index (χ1) is 8.80. The summed E-state index contributed by atoms with van der Waals surface area (Å²) >= 11 is 0. The largest absolute Gasteiger partial charge is 1.00 e. The van der Waals surface area contributed by atoms with Crippen LogP contribution in [0.3, 0.4) is 0 Å². The molecular weight excluding hydrogens is 333 g/mol. The van der Waals surface area contributed by atoms with E-state index in [9.17, 15) is 14.3 Å². The van der Waals surface area contributed by atoms with Crippen LogP contribution in [0.5, 0.6) is 0 Å². The number of nitrogens with zero attached hydrogens (tertiary/aromatic N) is 2. The molecule has 0 spiro atoms. The first kappa shape index (κ1) is 17.7. The van der Waals surface area contributed by atoms with Gasteiger partial charge in [0.25, 0.3) is 0 Å². The zero-order valence-corrected chi connectivity index (χ0v) is 16.9. The maximum absolute atomic E-state index is 13.8. The van der Waals surface area contributed by atoms with Crippen molar-refractivity contribution in [3.05, 3.63) is 41.8 Å². The number of carbonyl (C=O) groups is 1. The van der Waals surface area contributed by atoms with E-state index in [0.717, 1.165) is 0 Å². The summed E-state index contributed by atoms with van der Waals surface area (Å²) in [6.45, 7) is 5.60. The van der Waals surface area contributed by atoms with Crippen molar-refractivity contribution in [1.82, 2.24) is 9.78 Å². The Hall–Kier alpha value is -0.365. The Morgan fingerprint density at radius 2 is 1.95 bits per heavy atom. The van der Waals surface area contributed by atoms with Gasteiger partial charge in [0.2, 0.25) is 5.97 Å². The van der Waals surface area contributed by atoms with Gasteiger partial charge >= 0.3 is 58.2 Å². The average Bonchev–Trinajstić information content (AvgIpc) is 2.74. The van der Waals surface area contributed by atoms with Gasteiger partial charge in [-0.3, -0.25) is 5.10 Å². The van der Waals surface area contributed by atoms with Crippen molar-refractivity contribution < 1.29 is 72.5 Å². The fraction of sp³-hybridized carbons (Fsp3) is 0.286. The molecule has 1 aromatic heterocycles. The van der Waals surface area contributed by atoms with E-state index < -0.39 is 17.3 Å². The van der Waals surface area contributed by atoms with Crippen molar-refractivity contribution >= 4 is 5.97 Å². The fourth-order valence-electron chi connectivity index (χ4n) is 1.64. The van der Waals surface area contributed by atoms with E-state index in [4.69, 9.17) is 0 Å². The monoisotopic (exact) mass is 346 g/mol. The third-order valence-corrected chi connectivity index (χ3v) is 2.63. The van der Waals surface area contributed by atoms with Crippen LogP contribution in [0.1, 0.15) is 31.1 Å². The molecule has 0 fully saturated rings. The SMILES string of the molecule is CC(C)(C)n1[c-]c(C(=O)O)c(-c2ccccc2F)n1.[Rb+]. The third-order valence-electron chi connectivity index (χ3n) is 2.63. The Morgan fingerprint density at radius 3 is 2.45 bits per heavy atom. The quantitative estimate of drug-likeness (QED) is 0.776. The van der Waals surface area contributed by atoms with Gasteiger partial charge in [-0.05, 0) is 38.1 Å². The number of carboxylic acid groups (broad SMARTS) is 1. The standard InChI is InChI=1S/C14H14FN2O2.Rb/c1-14(2,3)17-8-10(13(18)19)12(16-17)9-6-4-5-7-11(9)15;/h4-7H,1-3H3,(H,18,19);/q-1;+1. The zero-order valence-electron chi connectivity index (χ0n) is 11.9. The van der Waals surface area contributed by atoms with E-state index in [2.05, 4.69) is 11.3 Å². The Morgan fingerprint density at radius 1 is 1.35 bits per heavy atom. The normalized spacial score (nSPS) is 11.0. The predicted octanol–water partition coefficient (Wildman–Crippen LogP) is -0.0534. The molecule has 1 N–H and O–H groups in total. The minimum atomic E-state index is -1.17. The number of hydrogen-bond acceptors (Lipinski definition) is 2. The van der Waals surface area contributed by atoms with Gasteiger partial charge in [0.15, 0.2) is 0 Å². The molecule has 0 amide bonds. The maximum atomic E-state index is 13.8. The molecule has 0 unspecified atom stereocenters. The summed E-state index contributed by atoms with van der Waals surface area (Å²) in [7, 11) is 0. The van der Waals surface area contributed by atoms with Crippen molar-refractivity contribution in [2.24, 2.45) is 0 Å². The molecule has 1 heterocycles. The van der Waals surface area contributed by atoms with Crippen LogP contribution < -0.4 is 58.2 Å². The molecule has 0 bridgehead atoms. The minimum Gasteiger partial charge on any atom is -0.535 e. The van der Waals surface area contributed by atoms with Gasteiger partial charge < -0.3 is 14.6 Å². The second-order valence-corrected chi connectivity index (χ2v) is 5.20. The molecule has 2 rings (SSSR count). The van der Waals surface area contributed by atoms with E-state index >= 15 is 0 Å². The molecule has 2 aromatic rings. The summed E-state index contributed by atoms with van der Waals surface area (Å²) in [6.07, 6.45) is 2.69. The van der Waals surface area contributed by atoms with Crippen molar-refractivity contribution in [3.63, 3.8) is 0 Å². The summed E-state index contributed by atoms with van der Waals surface area (Å²) in [6, 6.07) is 5.96. The number of benzene rings is 1. The number of aromatic carboxylic acids is 1. The van der Waals surface area contributed by atoms with Gasteiger partial charge in [-0.2, -0.15) is 0 Å². The first-order valence-electron chi connectivity index (χ1n) is 5.81. The van der Waals surface area contributed by atoms with E-state index in [-0.39, 0.29) is 75.0 Å². The van der Waals surface area contributed by atoms with Crippen LogP contribution >= 0.6 is 0 Å². The molecule has 0 radical (unpaired) electrons. The number of halogens is 1. The van der Waals surface area contributed by atoms with E-state index in [1.54, 1.807) is 12.1 Å². The van der Waals surface area contributed by atoms with Crippen LogP contribution in [0.15, 0.2) is 24.3 Å². The van der Waals surface area contributed by atoms with Crippen LogP contribution in [0.25, 0.3) is 11.3 Å². The summed E-state index contributed by atoms with van der Waals surface area (Å²) in [5.74, 6) is -1.67. The van der Waals surface area contributed by atoms with Crippen molar-refractivity contribution in [1.29, 1.82) is 0 Å². The Bertz CT molecular complexity index is 632. The molecule has 0 saturated carbocycles. The van der Waals surface area contributed by atoms with Gasteiger partial charge in [-0.25, -0.2) is 4.39 Å². The number of rotatable bonds is 2. The van der Waals surface area contributed by atoms with Gasteiger partial charge in [0, 0.05) is 5.54 Å². The Balaban J connectivity index is 0.00000200. The Kier molecular flexibility index (Phi) is 5.84. The molecule has 0 atom stereocenters. The molecule has 0 saturated heterocycles. The smallest absolute Gasteiger partial charge is 0.535 e. The Labute approximate surface area is 165 Å². The van der Waals surface area contributed by atoms with E-state index in [0.29, 0.717) is 0 Å². The first-order valence-corrected chi connectivity index (χ1v) is 5.81. The van der Waals surface area contributed by atoms with Crippen LogP contribution in [0.2, 0.25) is 0 Å². The number of carboxylic acids is 1. The van der Waals surface area contributed by atoms with Crippen molar-refractivity contribution in [2.45, 2.75) is 26.3 Å². The number of aromatic nitrogens is 2. The average molecular weight is 347 g/mol. The van der Waals surface area contributed by atoms with Crippen LogP contribution in [0.4, 0.5) is 4.39 Å². The molecule has 0 aliphatic heterocycles. The molecule has 100 valence electrons. The fourth-order valence-corrected chi connectivity index (χ4v) is 1.64. The van der Waals surface area contributed by atoms with Crippen LogP contribution in [-0.4, -0.2) is 20.9 Å². The minimum absolute atomic E-state index is 0. The summed E-state index contributed by atoms with van der Waals surface area (Å²) in [5.41, 5.74) is -0.284. The zero-order chi connectivity index (χ0) is 14.2. The predicted molar refractivity (Wildman–Crippen MR) is 68.4 cm³/mol. The van der Waals surface area contributed by atoms with Crippen LogP contribution in [-0.2, 0) is 5.54 Å². The van der Waals surface area contributed by atoms with Crippen molar-refractivity contribution in [3.8, 4) is 11.3 Å². The second-order valence-electron chi connectivity index (χ2n) is 5.20. The molecule has 0 aliphatic rings. The van der Waals surface area contributed by atoms with E-state index in [1.807, 2.05) is 20.8 Å². The summed E-state index contributed by atoms with van der Waals surface area (Å²) < 4.78 is 15.2. The summed E-state index contributed by atoms with van der Waals surface area (Å²) in [5, 5.41) is 13.4. The number of hydrogen-bond donors (Lipinski definition) is 1.